The fourth-order valence-corrected chi connectivity index (χ4v) is 2.85. The number of hydrogen-bond acceptors (Lipinski definition) is 5. The van der Waals surface area contributed by atoms with Crippen molar-refractivity contribution in [3.05, 3.63) is 48.2 Å². The topological polar surface area (TPSA) is 107 Å². The average molecular weight is 351 g/mol. The third kappa shape index (κ3) is 3.45. The van der Waals surface area contributed by atoms with Crippen LogP contribution in [0, 0.1) is 0 Å². The molecule has 1 saturated heterocycles. The van der Waals surface area contributed by atoms with Gasteiger partial charge in [0.1, 0.15) is 5.82 Å². The molecule has 5 N–H and O–H groups in total. The van der Waals surface area contributed by atoms with Crippen molar-refractivity contribution in [3.8, 4) is 0 Å². The Bertz CT molecular complexity index is 904. The summed E-state index contributed by atoms with van der Waals surface area (Å²) >= 11 is 0. The maximum atomic E-state index is 12.2. The lowest BCUT2D eigenvalue weighted by Gasteiger charge is -2.27. The molecule has 134 valence electrons. The lowest BCUT2D eigenvalue weighted by molar-refractivity contribution is 0.249. The van der Waals surface area contributed by atoms with E-state index in [2.05, 4.69) is 36.4 Å². The van der Waals surface area contributed by atoms with Crippen LogP contribution < -0.4 is 21.3 Å². The number of aromatic nitrogens is 3. The van der Waals surface area contributed by atoms with Gasteiger partial charge in [0.05, 0.1) is 23.0 Å². The van der Waals surface area contributed by atoms with Crippen molar-refractivity contribution >= 4 is 28.6 Å². The SMILES string of the molecule is C[C@@H](NC(=O)Nc1cc2[nH]nc(NC3CNC3)c2cn1)c1ccccc1. The number of fused-ring (bicyclic) bond motifs is 1. The number of nitrogens with one attached hydrogen (secondary N) is 5. The van der Waals surface area contributed by atoms with Crippen molar-refractivity contribution in [1.29, 1.82) is 0 Å². The summed E-state index contributed by atoms with van der Waals surface area (Å²) in [6.07, 6.45) is 1.71. The molecule has 3 heterocycles. The third-order valence-electron chi connectivity index (χ3n) is 4.46. The number of rotatable bonds is 5. The highest BCUT2D eigenvalue weighted by atomic mass is 16.2. The largest absolute Gasteiger partial charge is 0.363 e. The maximum absolute atomic E-state index is 12.2. The summed E-state index contributed by atoms with van der Waals surface area (Å²) in [6, 6.07) is 11.6. The first kappa shape index (κ1) is 16.3. The number of H-pyrrole nitrogens is 1. The Balaban J connectivity index is 1.41. The quantitative estimate of drug-likeness (QED) is 0.485. The molecular weight excluding hydrogens is 330 g/mol. The summed E-state index contributed by atoms with van der Waals surface area (Å²) in [5.74, 6) is 1.25. The van der Waals surface area contributed by atoms with E-state index in [1.807, 2.05) is 37.3 Å². The van der Waals surface area contributed by atoms with Crippen molar-refractivity contribution < 1.29 is 4.79 Å². The molecule has 1 fully saturated rings. The number of benzene rings is 1. The number of carbonyl (C=O) groups is 1. The number of pyridine rings is 1. The Kier molecular flexibility index (Phi) is 4.40. The van der Waals surface area contributed by atoms with E-state index in [9.17, 15) is 4.79 Å². The Labute approximate surface area is 150 Å². The van der Waals surface area contributed by atoms with Crippen LogP contribution in [0.5, 0.6) is 0 Å². The molecule has 3 aromatic rings. The van der Waals surface area contributed by atoms with Gasteiger partial charge >= 0.3 is 6.03 Å². The van der Waals surface area contributed by atoms with Gasteiger partial charge in [-0.15, -0.1) is 0 Å². The summed E-state index contributed by atoms with van der Waals surface area (Å²) < 4.78 is 0. The number of amides is 2. The van der Waals surface area contributed by atoms with Crippen LogP contribution in [0.4, 0.5) is 16.4 Å². The van der Waals surface area contributed by atoms with Crippen LogP contribution in [0.15, 0.2) is 42.6 Å². The highest BCUT2D eigenvalue weighted by molar-refractivity contribution is 5.94. The van der Waals surface area contributed by atoms with Gasteiger partial charge in [0.15, 0.2) is 5.82 Å². The van der Waals surface area contributed by atoms with Gasteiger partial charge in [-0.3, -0.25) is 10.4 Å². The lowest BCUT2D eigenvalue weighted by Crippen LogP contribution is -2.51. The molecule has 0 radical (unpaired) electrons. The van der Waals surface area contributed by atoms with E-state index in [1.54, 1.807) is 12.3 Å². The predicted octanol–water partition coefficient (Wildman–Crippen LogP) is 2.22. The van der Waals surface area contributed by atoms with E-state index in [1.165, 1.54) is 0 Å². The minimum absolute atomic E-state index is 0.0982. The second kappa shape index (κ2) is 7.01. The minimum atomic E-state index is -0.299. The number of urea groups is 1. The molecule has 1 aromatic carbocycles. The average Bonchev–Trinajstić information content (AvgIpc) is 3.01. The van der Waals surface area contributed by atoms with E-state index in [4.69, 9.17) is 0 Å². The predicted molar refractivity (Wildman–Crippen MR) is 101 cm³/mol. The number of carbonyl (C=O) groups excluding carboxylic acids is 1. The van der Waals surface area contributed by atoms with E-state index < -0.39 is 0 Å². The van der Waals surface area contributed by atoms with Crippen LogP contribution in [0.1, 0.15) is 18.5 Å². The lowest BCUT2D eigenvalue weighted by atomic mass is 10.1. The van der Waals surface area contributed by atoms with Crippen LogP contribution in [-0.2, 0) is 0 Å². The molecule has 0 bridgehead atoms. The first-order chi connectivity index (χ1) is 12.7. The van der Waals surface area contributed by atoms with E-state index in [0.717, 1.165) is 35.4 Å². The molecule has 0 saturated carbocycles. The molecule has 0 aliphatic carbocycles. The van der Waals surface area contributed by atoms with Crippen LogP contribution in [-0.4, -0.2) is 40.3 Å². The second-order valence-electron chi connectivity index (χ2n) is 6.42. The Hall–Kier alpha value is -3.13. The molecule has 1 aliphatic heterocycles. The fraction of sp³-hybridized carbons (Fsp3) is 0.278. The zero-order chi connectivity index (χ0) is 17.9. The third-order valence-corrected chi connectivity index (χ3v) is 4.46. The summed E-state index contributed by atoms with van der Waals surface area (Å²) in [6.45, 7) is 3.80. The summed E-state index contributed by atoms with van der Waals surface area (Å²) in [4.78, 5) is 16.5. The van der Waals surface area contributed by atoms with Crippen molar-refractivity contribution in [2.24, 2.45) is 0 Å². The van der Waals surface area contributed by atoms with E-state index in [0.29, 0.717) is 11.9 Å². The van der Waals surface area contributed by atoms with Crippen molar-refractivity contribution in [2.75, 3.05) is 23.7 Å². The van der Waals surface area contributed by atoms with Crippen LogP contribution >= 0.6 is 0 Å². The molecule has 2 amide bonds. The van der Waals surface area contributed by atoms with Gasteiger partial charge in [0, 0.05) is 25.4 Å². The minimum Gasteiger partial charge on any atom is -0.363 e. The molecule has 8 nitrogen and oxygen atoms in total. The molecule has 4 rings (SSSR count). The van der Waals surface area contributed by atoms with Gasteiger partial charge in [-0.2, -0.15) is 5.10 Å². The zero-order valence-electron chi connectivity index (χ0n) is 14.4. The Morgan fingerprint density at radius 1 is 1.27 bits per heavy atom. The number of hydrogen-bond donors (Lipinski definition) is 5. The van der Waals surface area contributed by atoms with Gasteiger partial charge < -0.3 is 16.0 Å². The van der Waals surface area contributed by atoms with Gasteiger partial charge in [-0.05, 0) is 12.5 Å². The molecule has 0 unspecified atom stereocenters. The van der Waals surface area contributed by atoms with Gasteiger partial charge in [-0.25, -0.2) is 9.78 Å². The monoisotopic (exact) mass is 351 g/mol. The van der Waals surface area contributed by atoms with Crippen LogP contribution in [0.2, 0.25) is 0 Å². The highest BCUT2D eigenvalue weighted by Gasteiger charge is 2.19. The summed E-state index contributed by atoms with van der Waals surface area (Å²) in [5.41, 5.74) is 1.86. The molecule has 1 aliphatic rings. The normalized spacial score (nSPS) is 15.3. The van der Waals surface area contributed by atoms with Crippen molar-refractivity contribution in [3.63, 3.8) is 0 Å². The zero-order valence-corrected chi connectivity index (χ0v) is 14.4. The Morgan fingerprint density at radius 3 is 2.81 bits per heavy atom. The first-order valence-electron chi connectivity index (χ1n) is 8.63. The fourth-order valence-electron chi connectivity index (χ4n) is 2.85. The molecular formula is C18H21N7O. The van der Waals surface area contributed by atoms with E-state index in [-0.39, 0.29) is 12.1 Å². The summed E-state index contributed by atoms with van der Waals surface area (Å²) in [7, 11) is 0. The molecule has 0 spiro atoms. The van der Waals surface area contributed by atoms with Crippen LogP contribution in [0.25, 0.3) is 10.9 Å². The van der Waals surface area contributed by atoms with E-state index >= 15 is 0 Å². The maximum Gasteiger partial charge on any atom is 0.320 e. The summed E-state index contributed by atoms with van der Waals surface area (Å²) in [5, 5.41) is 20.4. The second-order valence-corrected chi connectivity index (χ2v) is 6.42. The number of nitrogens with zero attached hydrogens (tertiary/aromatic N) is 2. The standard InChI is InChI=1S/C18H21N7O/c1-11(12-5-3-2-4-6-12)21-18(26)23-16-7-15-14(10-20-16)17(25-24-15)22-13-8-19-9-13/h2-7,10-11,13,19H,8-9H2,1H3,(H2,22,24,25)(H2,20,21,23,26)/t11-/m1/s1. The van der Waals surface area contributed by atoms with Gasteiger partial charge in [0.2, 0.25) is 0 Å². The highest BCUT2D eigenvalue weighted by Crippen LogP contribution is 2.22. The molecule has 1 atom stereocenters. The van der Waals surface area contributed by atoms with Crippen molar-refractivity contribution in [2.45, 2.75) is 19.0 Å². The van der Waals surface area contributed by atoms with Gasteiger partial charge in [0.25, 0.3) is 0 Å². The first-order valence-corrected chi connectivity index (χ1v) is 8.63. The molecule has 8 heteroatoms. The Morgan fingerprint density at radius 2 is 2.08 bits per heavy atom. The van der Waals surface area contributed by atoms with Crippen LogP contribution in [0.3, 0.4) is 0 Å². The number of aromatic amines is 1. The molecule has 2 aromatic heterocycles. The number of anilines is 2. The smallest absolute Gasteiger partial charge is 0.320 e. The van der Waals surface area contributed by atoms with Crippen molar-refractivity contribution in [1.82, 2.24) is 25.8 Å². The molecule has 26 heavy (non-hydrogen) atoms. The van der Waals surface area contributed by atoms with Gasteiger partial charge in [-0.1, -0.05) is 30.3 Å².